The van der Waals surface area contributed by atoms with E-state index in [1.807, 2.05) is 34.6 Å². The smallest absolute Gasteiger partial charge is 0.293 e. The second kappa shape index (κ2) is 5.75. The van der Waals surface area contributed by atoms with E-state index >= 15 is 0 Å². The van der Waals surface area contributed by atoms with Crippen LogP contribution in [0.5, 0.6) is 0 Å². The molecule has 5 nitrogen and oxygen atoms in total. The molecule has 2 rings (SSSR count). The van der Waals surface area contributed by atoms with Gasteiger partial charge in [-0.3, -0.25) is 4.79 Å². The molecular formula is C14H20N4OS. The Balaban J connectivity index is 2.29. The number of thiazole rings is 1. The maximum absolute atomic E-state index is 12.3. The molecule has 0 spiro atoms. The van der Waals surface area contributed by atoms with Gasteiger partial charge in [0.1, 0.15) is 0 Å². The summed E-state index contributed by atoms with van der Waals surface area (Å²) in [6.07, 6.45) is 3.37. The summed E-state index contributed by atoms with van der Waals surface area (Å²) in [5.74, 6) is 0.388. The van der Waals surface area contributed by atoms with Crippen molar-refractivity contribution in [2.45, 2.75) is 46.7 Å². The van der Waals surface area contributed by atoms with E-state index in [2.05, 4.69) is 15.3 Å². The average molecular weight is 292 g/mol. The molecule has 0 bridgehead atoms. The van der Waals surface area contributed by atoms with E-state index in [9.17, 15) is 4.79 Å². The van der Waals surface area contributed by atoms with Gasteiger partial charge in [0.05, 0.1) is 16.7 Å². The van der Waals surface area contributed by atoms with Crippen LogP contribution in [0.1, 0.15) is 48.4 Å². The van der Waals surface area contributed by atoms with Gasteiger partial charge in [-0.1, -0.05) is 0 Å². The van der Waals surface area contributed by atoms with E-state index < -0.39 is 0 Å². The predicted octanol–water partition coefficient (Wildman–Crippen LogP) is 3.07. The fraction of sp³-hybridized carbons (Fsp3) is 0.500. The van der Waals surface area contributed by atoms with Crippen molar-refractivity contribution in [1.82, 2.24) is 14.5 Å². The van der Waals surface area contributed by atoms with Gasteiger partial charge in [-0.15, -0.1) is 11.3 Å². The van der Waals surface area contributed by atoms with Gasteiger partial charge in [0.25, 0.3) is 5.56 Å². The molecule has 0 aliphatic carbocycles. The Morgan fingerprint density at radius 3 is 2.55 bits per heavy atom. The van der Waals surface area contributed by atoms with E-state index in [0.29, 0.717) is 5.82 Å². The molecule has 2 aromatic rings. The van der Waals surface area contributed by atoms with Crippen molar-refractivity contribution < 1.29 is 0 Å². The van der Waals surface area contributed by atoms with Crippen molar-refractivity contribution in [3.8, 4) is 0 Å². The fourth-order valence-electron chi connectivity index (χ4n) is 2.15. The normalized spacial score (nSPS) is 12.7. The molecule has 1 N–H and O–H groups in total. The molecule has 2 aromatic heterocycles. The van der Waals surface area contributed by atoms with E-state index in [0.717, 1.165) is 15.6 Å². The number of rotatable bonds is 4. The third-order valence-corrected chi connectivity index (χ3v) is 4.37. The van der Waals surface area contributed by atoms with Crippen LogP contribution < -0.4 is 10.9 Å². The molecule has 6 heteroatoms. The average Bonchev–Trinajstić information content (AvgIpc) is 2.70. The molecule has 20 heavy (non-hydrogen) atoms. The van der Waals surface area contributed by atoms with Crippen LogP contribution in [0.15, 0.2) is 17.2 Å². The van der Waals surface area contributed by atoms with Crippen LogP contribution in [0.2, 0.25) is 0 Å². The third kappa shape index (κ3) is 2.90. The van der Waals surface area contributed by atoms with Gasteiger partial charge in [-0.2, -0.15) is 0 Å². The molecule has 1 unspecified atom stereocenters. The number of hydrogen-bond donors (Lipinski definition) is 1. The van der Waals surface area contributed by atoms with Crippen molar-refractivity contribution in [2.24, 2.45) is 0 Å². The Morgan fingerprint density at radius 2 is 2.00 bits per heavy atom. The maximum atomic E-state index is 12.3. The van der Waals surface area contributed by atoms with Gasteiger partial charge >= 0.3 is 0 Å². The summed E-state index contributed by atoms with van der Waals surface area (Å²) >= 11 is 1.65. The zero-order chi connectivity index (χ0) is 14.9. The summed E-state index contributed by atoms with van der Waals surface area (Å²) in [6, 6.07) is 0.137. The summed E-state index contributed by atoms with van der Waals surface area (Å²) in [4.78, 5) is 22.0. The molecule has 1 atom stereocenters. The highest BCUT2D eigenvalue weighted by Gasteiger charge is 2.15. The van der Waals surface area contributed by atoms with Crippen molar-refractivity contribution in [3.63, 3.8) is 0 Å². The quantitative estimate of drug-likeness (QED) is 0.941. The SMILES string of the molecule is Cc1nc(C)c(C(C)Nc2nccn(C(C)C)c2=O)s1. The predicted molar refractivity (Wildman–Crippen MR) is 82.5 cm³/mol. The van der Waals surface area contributed by atoms with Gasteiger partial charge in [0.15, 0.2) is 5.82 Å². The lowest BCUT2D eigenvalue weighted by Gasteiger charge is -2.15. The Hall–Kier alpha value is -1.69. The molecule has 0 aliphatic heterocycles. The number of nitrogens with zero attached hydrogens (tertiary/aromatic N) is 3. The Kier molecular flexibility index (Phi) is 4.23. The van der Waals surface area contributed by atoms with Crippen LogP contribution in [-0.2, 0) is 0 Å². The van der Waals surface area contributed by atoms with Crippen LogP contribution in [-0.4, -0.2) is 14.5 Å². The first kappa shape index (κ1) is 14.7. The zero-order valence-electron chi connectivity index (χ0n) is 12.5. The summed E-state index contributed by atoms with van der Waals surface area (Å²) in [6.45, 7) is 9.95. The molecule has 2 heterocycles. The number of aryl methyl sites for hydroxylation is 2. The Morgan fingerprint density at radius 1 is 1.30 bits per heavy atom. The van der Waals surface area contributed by atoms with E-state index in [1.165, 1.54) is 0 Å². The van der Waals surface area contributed by atoms with Gasteiger partial charge in [0, 0.05) is 23.3 Å². The third-order valence-electron chi connectivity index (χ3n) is 3.11. The fourth-order valence-corrected chi connectivity index (χ4v) is 3.08. The minimum Gasteiger partial charge on any atom is -0.358 e. The standard InChI is InChI=1S/C14H20N4OS/c1-8(2)18-7-6-15-13(14(18)19)17-10(4)12-9(3)16-11(5)20-12/h6-8,10H,1-5H3,(H,15,17). The van der Waals surface area contributed by atoms with E-state index in [1.54, 1.807) is 28.3 Å². The molecule has 108 valence electrons. The first-order valence-corrected chi connectivity index (χ1v) is 7.49. The highest BCUT2D eigenvalue weighted by molar-refractivity contribution is 7.11. The van der Waals surface area contributed by atoms with Gasteiger partial charge < -0.3 is 9.88 Å². The van der Waals surface area contributed by atoms with E-state index in [-0.39, 0.29) is 17.6 Å². The van der Waals surface area contributed by atoms with E-state index in [4.69, 9.17) is 0 Å². The van der Waals surface area contributed by atoms with Crippen molar-refractivity contribution in [3.05, 3.63) is 38.3 Å². The molecular weight excluding hydrogens is 272 g/mol. The molecule has 0 fully saturated rings. The molecule has 0 saturated heterocycles. The van der Waals surface area contributed by atoms with Crippen LogP contribution in [0.25, 0.3) is 0 Å². The van der Waals surface area contributed by atoms with Gasteiger partial charge in [-0.25, -0.2) is 9.97 Å². The lowest BCUT2D eigenvalue weighted by molar-refractivity contribution is 0.574. The van der Waals surface area contributed by atoms with Crippen molar-refractivity contribution in [2.75, 3.05) is 5.32 Å². The van der Waals surface area contributed by atoms with Crippen LogP contribution >= 0.6 is 11.3 Å². The molecule has 0 amide bonds. The number of anilines is 1. The maximum Gasteiger partial charge on any atom is 0.293 e. The van der Waals surface area contributed by atoms with Crippen LogP contribution in [0.4, 0.5) is 5.82 Å². The monoisotopic (exact) mass is 292 g/mol. The first-order valence-electron chi connectivity index (χ1n) is 6.67. The highest BCUT2D eigenvalue weighted by atomic mass is 32.1. The summed E-state index contributed by atoms with van der Waals surface area (Å²) in [5.41, 5.74) is 0.917. The molecule has 0 saturated carbocycles. The topological polar surface area (TPSA) is 59.8 Å². The molecule has 0 radical (unpaired) electrons. The molecule has 0 aromatic carbocycles. The minimum atomic E-state index is -0.0896. The number of aromatic nitrogens is 3. The second-order valence-corrected chi connectivity index (χ2v) is 6.37. The second-order valence-electron chi connectivity index (χ2n) is 5.13. The minimum absolute atomic E-state index is 0.0180. The number of nitrogens with one attached hydrogen (secondary N) is 1. The number of hydrogen-bond acceptors (Lipinski definition) is 5. The van der Waals surface area contributed by atoms with Crippen molar-refractivity contribution >= 4 is 17.2 Å². The van der Waals surface area contributed by atoms with Crippen molar-refractivity contribution in [1.29, 1.82) is 0 Å². The van der Waals surface area contributed by atoms with Crippen LogP contribution in [0.3, 0.4) is 0 Å². The van der Waals surface area contributed by atoms with Gasteiger partial charge in [0.2, 0.25) is 0 Å². The largest absolute Gasteiger partial charge is 0.358 e. The first-order chi connectivity index (χ1) is 9.40. The molecule has 0 aliphatic rings. The summed E-state index contributed by atoms with van der Waals surface area (Å²) in [5, 5.41) is 4.24. The highest BCUT2D eigenvalue weighted by Crippen LogP contribution is 2.26. The summed E-state index contributed by atoms with van der Waals surface area (Å²) < 4.78 is 1.67. The lowest BCUT2D eigenvalue weighted by Crippen LogP contribution is -2.26. The zero-order valence-corrected chi connectivity index (χ0v) is 13.3. The Bertz CT molecular complexity index is 659. The van der Waals surface area contributed by atoms with Crippen LogP contribution in [0, 0.1) is 13.8 Å². The lowest BCUT2D eigenvalue weighted by atomic mass is 10.2. The summed E-state index contributed by atoms with van der Waals surface area (Å²) in [7, 11) is 0. The Labute approximate surface area is 122 Å². The van der Waals surface area contributed by atoms with Gasteiger partial charge in [-0.05, 0) is 34.6 Å².